The van der Waals surface area contributed by atoms with Crippen LogP contribution < -0.4 is 10.9 Å². The van der Waals surface area contributed by atoms with E-state index in [1.165, 1.54) is 0 Å². The number of aryl methyl sites for hydroxylation is 1. The molecule has 0 amide bonds. The molecule has 4 nitrogen and oxygen atoms in total. The summed E-state index contributed by atoms with van der Waals surface area (Å²) in [6, 6.07) is 8.40. The van der Waals surface area contributed by atoms with Crippen molar-refractivity contribution >= 4 is 17.3 Å². The Bertz CT molecular complexity index is 653. The zero-order valence-electron chi connectivity index (χ0n) is 11.3. The van der Waals surface area contributed by atoms with Crippen LogP contribution in [0.3, 0.4) is 0 Å². The summed E-state index contributed by atoms with van der Waals surface area (Å²) in [5.74, 6) is 0.0758. The van der Waals surface area contributed by atoms with Crippen LogP contribution in [0.2, 0.25) is 5.02 Å². The molecule has 1 aromatic heterocycles. The fourth-order valence-electron chi connectivity index (χ4n) is 1.92. The Labute approximate surface area is 122 Å². The van der Waals surface area contributed by atoms with E-state index in [9.17, 15) is 9.90 Å². The van der Waals surface area contributed by atoms with Gasteiger partial charge in [-0.05, 0) is 30.2 Å². The molecule has 0 saturated carbocycles. The van der Waals surface area contributed by atoms with Crippen molar-refractivity contribution < 1.29 is 5.11 Å². The second kappa shape index (κ2) is 6.48. The Morgan fingerprint density at radius 2 is 2.10 bits per heavy atom. The molecule has 2 N–H and O–H groups in total. The summed E-state index contributed by atoms with van der Waals surface area (Å²) in [5, 5.41) is 12.9. The van der Waals surface area contributed by atoms with Crippen molar-refractivity contribution in [1.29, 1.82) is 0 Å². The molecule has 0 spiro atoms. The van der Waals surface area contributed by atoms with Gasteiger partial charge in [0.1, 0.15) is 5.75 Å². The largest absolute Gasteiger partial charge is 0.506 e. The van der Waals surface area contributed by atoms with Crippen LogP contribution in [0.1, 0.15) is 18.9 Å². The van der Waals surface area contributed by atoms with Crippen molar-refractivity contribution in [2.24, 2.45) is 0 Å². The molecule has 20 heavy (non-hydrogen) atoms. The Balaban J connectivity index is 2.08. The summed E-state index contributed by atoms with van der Waals surface area (Å²) >= 11 is 5.86. The van der Waals surface area contributed by atoms with Crippen molar-refractivity contribution in [1.82, 2.24) is 4.57 Å². The molecule has 0 atom stereocenters. The lowest BCUT2D eigenvalue weighted by molar-refractivity contribution is 0.475. The van der Waals surface area contributed by atoms with Gasteiger partial charge in [-0.2, -0.15) is 0 Å². The number of aromatic hydroxyl groups is 1. The highest BCUT2D eigenvalue weighted by molar-refractivity contribution is 6.32. The van der Waals surface area contributed by atoms with E-state index in [1.54, 1.807) is 34.9 Å². The number of aromatic nitrogens is 1. The van der Waals surface area contributed by atoms with Crippen molar-refractivity contribution in [3.63, 3.8) is 0 Å². The number of anilines is 1. The van der Waals surface area contributed by atoms with Gasteiger partial charge in [0.2, 0.25) is 0 Å². The Kier molecular flexibility index (Phi) is 4.69. The third-order valence-corrected chi connectivity index (χ3v) is 3.26. The standard InChI is InChI=1S/C15H17ClN2O2/c1-2-7-18-10-12(4-6-15(18)20)17-9-11-3-5-14(19)13(16)8-11/h3-6,8,10,17,19H,2,7,9H2,1H3. The number of nitrogens with zero attached hydrogens (tertiary/aromatic N) is 1. The molecule has 1 heterocycles. The van der Waals surface area contributed by atoms with Gasteiger partial charge in [0.15, 0.2) is 0 Å². The van der Waals surface area contributed by atoms with Gasteiger partial charge < -0.3 is 15.0 Å². The Morgan fingerprint density at radius 1 is 1.30 bits per heavy atom. The Hall–Kier alpha value is -1.94. The minimum absolute atomic E-state index is 0.00470. The van der Waals surface area contributed by atoms with Gasteiger partial charge in [0.05, 0.1) is 10.7 Å². The number of hydrogen-bond donors (Lipinski definition) is 2. The number of hydrogen-bond acceptors (Lipinski definition) is 3. The predicted molar refractivity (Wildman–Crippen MR) is 81.4 cm³/mol. The highest BCUT2D eigenvalue weighted by Crippen LogP contribution is 2.23. The molecule has 1 aromatic carbocycles. The van der Waals surface area contributed by atoms with Crippen LogP contribution in [0.4, 0.5) is 5.69 Å². The lowest BCUT2D eigenvalue weighted by Gasteiger charge is -2.10. The first-order valence-electron chi connectivity index (χ1n) is 6.52. The van der Waals surface area contributed by atoms with Crippen molar-refractivity contribution in [3.05, 3.63) is 57.5 Å². The van der Waals surface area contributed by atoms with Crippen molar-refractivity contribution in [3.8, 4) is 5.75 Å². The molecular formula is C15H17ClN2O2. The molecule has 0 aliphatic rings. The lowest BCUT2D eigenvalue weighted by atomic mass is 10.2. The molecule has 5 heteroatoms. The SMILES string of the molecule is CCCn1cc(NCc2ccc(O)c(Cl)c2)ccc1=O. The van der Waals surface area contributed by atoms with E-state index < -0.39 is 0 Å². The quantitative estimate of drug-likeness (QED) is 0.889. The van der Waals surface area contributed by atoms with E-state index in [1.807, 2.05) is 13.1 Å². The molecule has 0 saturated heterocycles. The minimum Gasteiger partial charge on any atom is -0.506 e. The summed E-state index contributed by atoms with van der Waals surface area (Å²) in [6.07, 6.45) is 2.73. The molecule has 0 aliphatic heterocycles. The van der Waals surface area contributed by atoms with Crippen LogP contribution in [0.25, 0.3) is 0 Å². The van der Waals surface area contributed by atoms with E-state index in [4.69, 9.17) is 11.6 Å². The predicted octanol–water partition coefficient (Wildman–Crippen LogP) is 3.23. The Morgan fingerprint density at radius 3 is 2.80 bits per heavy atom. The number of halogens is 1. The third kappa shape index (κ3) is 3.54. The highest BCUT2D eigenvalue weighted by Gasteiger charge is 2.01. The molecule has 2 aromatic rings. The molecule has 0 radical (unpaired) electrons. The van der Waals surface area contributed by atoms with Crippen LogP contribution in [0, 0.1) is 0 Å². The van der Waals surface area contributed by atoms with E-state index >= 15 is 0 Å². The number of pyridine rings is 1. The second-order valence-corrected chi connectivity index (χ2v) is 5.00. The van der Waals surface area contributed by atoms with Gasteiger partial charge >= 0.3 is 0 Å². The smallest absolute Gasteiger partial charge is 0.250 e. The second-order valence-electron chi connectivity index (χ2n) is 4.59. The zero-order chi connectivity index (χ0) is 14.5. The molecule has 0 fully saturated rings. The van der Waals surface area contributed by atoms with Crippen LogP contribution >= 0.6 is 11.6 Å². The molecule has 0 unspecified atom stereocenters. The van der Waals surface area contributed by atoms with E-state index in [2.05, 4.69) is 5.32 Å². The fraction of sp³-hybridized carbons (Fsp3) is 0.267. The maximum atomic E-state index is 11.6. The van der Waals surface area contributed by atoms with Gasteiger partial charge in [-0.15, -0.1) is 0 Å². The van der Waals surface area contributed by atoms with Gasteiger partial charge in [-0.1, -0.05) is 24.6 Å². The van der Waals surface area contributed by atoms with Crippen molar-refractivity contribution in [2.45, 2.75) is 26.4 Å². The topological polar surface area (TPSA) is 54.3 Å². The summed E-state index contributed by atoms with van der Waals surface area (Å²) < 4.78 is 1.69. The zero-order valence-corrected chi connectivity index (χ0v) is 12.0. The fourth-order valence-corrected chi connectivity index (χ4v) is 2.12. The van der Waals surface area contributed by atoms with E-state index in [0.717, 1.165) is 17.7 Å². The maximum absolute atomic E-state index is 11.6. The van der Waals surface area contributed by atoms with Gasteiger partial charge in [0, 0.05) is 25.4 Å². The van der Waals surface area contributed by atoms with Crippen molar-refractivity contribution in [2.75, 3.05) is 5.32 Å². The minimum atomic E-state index is 0.00470. The van der Waals surface area contributed by atoms with Crippen LogP contribution in [0.15, 0.2) is 41.3 Å². The van der Waals surface area contributed by atoms with Crippen LogP contribution in [-0.2, 0) is 13.1 Å². The molecule has 0 aliphatic carbocycles. The number of phenols is 1. The van der Waals surface area contributed by atoms with E-state index in [-0.39, 0.29) is 11.3 Å². The molecular weight excluding hydrogens is 276 g/mol. The lowest BCUT2D eigenvalue weighted by Crippen LogP contribution is -2.18. The average molecular weight is 293 g/mol. The van der Waals surface area contributed by atoms with Crippen LogP contribution in [-0.4, -0.2) is 9.67 Å². The monoisotopic (exact) mass is 292 g/mol. The van der Waals surface area contributed by atoms with Gasteiger partial charge in [-0.25, -0.2) is 0 Å². The van der Waals surface area contributed by atoms with Gasteiger partial charge in [-0.3, -0.25) is 4.79 Å². The number of phenolic OH excluding ortho intramolecular Hbond substituents is 1. The van der Waals surface area contributed by atoms with Gasteiger partial charge in [0.25, 0.3) is 5.56 Å². The van der Waals surface area contributed by atoms with E-state index in [0.29, 0.717) is 18.1 Å². The molecule has 106 valence electrons. The normalized spacial score (nSPS) is 10.5. The number of nitrogens with one attached hydrogen (secondary N) is 1. The summed E-state index contributed by atoms with van der Waals surface area (Å²) in [6.45, 7) is 3.31. The van der Waals surface area contributed by atoms with Crippen LogP contribution in [0.5, 0.6) is 5.75 Å². The highest BCUT2D eigenvalue weighted by atomic mass is 35.5. The number of rotatable bonds is 5. The first-order valence-corrected chi connectivity index (χ1v) is 6.89. The molecule has 2 rings (SSSR count). The number of benzene rings is 1. The summed E-state index contributed by atoms with van der Waals surface area (Å²) in [5.41, 5.74) is 1.84. The third-order valence-electron chi connectivity index (χ3n) is 2.96. The molecule has 0 bridgehead atoms. The summed E-state index contributed by atoms with van der Waals surface area (Å²) in [4.78, 5) is 11.6. The maximum Gasteiger partial charge on any atom is 0.250 e. The average Bonchev–Trinajstić information content (AvgIpc) is 2.43. The summed E-state index contributed by atoms with van der Waals surface area (Å²) in [7, 11) is 0. The first-order chi connectivity index (χ1) is 9.60. The first kappa shape index (κ1) is 14.5.